The van der Waals surface area contributed by atoms with E-state index < -0.39 is 23.5 Å². The number of fused-ring (bicyclic) bond motifs is 1. The highest BCUT2D eigenvalue weighted by molar-refractivity contribution is 6.29. The molecular weight excluding hydrogens is 359 g/mol. The molecule has 28 heavy (non-hydrogen) atoms. The maximum Gasteiger partial charge on any atom is 0.282 e. The Labute approximate surface area is 161 Å². The molecule has 2 unspecified atom stereocenters. The van der Waals surface area contributed by atoms with Gasteiger partial charge in [-0.05, 0) is 42.2 Å². The highest BCUT2D eigenvalue weighted by atomic mass is 19.1. The van der Waals surface area contributed by atoms with Gasteiger partial charge in [0.1, 0.15) is 17.2 Å². The van der Waals surface area contributed by atoms with Gasteiger partial charge in [0.2, 0.25) is 0 Å². The highest BCUT2D eigenvalue weighted by Crippen LogP contribution is 2.35. The predicted octanol–water partition coefficient (Wildman–Crippen LogP) is 3.43. The number of aliphatic imine (C=N–C) groups is 1. The van der Waals surface area contributed by atoms with E-state index in [0.717, 1.165) is 11.6 Å². The Hall–Kier alpha value is -3.41. The van der Waals surface area contributed by atoms with Gasteiger partial charge in [-0.15, -0.1) is 0 Å². The number of rotatable bonds is 3. The van der Waals surface area contributed by atoms with Crippen LogP contribution in [0.3, 0.4) is 0 Å². The zero-order valence-electron chi connectivity index (χ0n) is 14.9. The number of nitrogens with zero attached hydrogens (tertiary/aromatic N) is 1. The van der Waals surface area contributed by atoms with Gasteiger partial charge >= 0.3 is 0 Å². The number of hydrogen-bond acceptors (Lipinski definition) is 3. The lowest BCUT2D eigenvalue weighted by molar-refractivity contribution is -0.121. The molecule has 0 bridgehead atoms. The number of halogens is 1. The Kier molecular flexibility index (Phi) is 4.69. The lowest BCUT2D eigenvalue weighted by atomic mass is 9.75. The molecule has 2 aliphatic rings. The number of benzene rings is 2. The molecule has 1 N–H and O–H groups in total. The fourth-order valence-electron chi connectivity index (χ4n) is 3.64. The zero-order chi connectivity index (χ0) is 19.7. The third-order valence-corrected chi connectivity index (χ3v) is 5.02. The Bertz CT molecular complexity index is 1030. The minimum absolute atomic E-state index is 0.0208. The highest BCUT2D eigenvalue weighted by Gasteiger charge is 2.38. The number of amides is 2. The van der Waals surface area contributed by atoms with Crippen molar-refractivity contribution in [3.8, 4) is 0 Å². The minimum Gasteiger partial charge on any atom is -0.322 e. The lowest BCUT2D eigenvalue weighted by Gasteiger charge is -2.30. The van der Waals surface area contributed by atoms with Crippen molar-refractivity contribution in [1.82, 2.24) is 0 Å². The number of Topliss-reactive ketones (excluding diaryl/α,β-unsaturated/α-hetero) is 1. The third kappa shape index (κ3) is 3.53. The summed E-state index contributed by atoms with van der Waals surface area (Å²) in [7, 11) is 0. The predicted molar refractivity (Wildman–Crippen MR) is 102 cm³/mol. The summed E-state index contributed by atoms with van der Waals surface area (Å²) in [5, 5.41) is 2.48. The Morgan fingerprint density at radius 2 is 1.82 bits per heavy atom. The van der Waals surface area contributed by atoms with Gasteiger partial charge in [-0.1, -0.05) is 36.4 Å². The quantitative estimate of drug-likeness (QED) is 0.834. The number of anilines is 1. The van der Waals surface area contributed by atoms with Gasteiger partial charge in [-0.2, -0.15) is 0 Å². The van der Waals surface area contributed by atoms with Gasteiger partial charge in [0.05, 0.1) is 5.92 Å². The summed E-state index contributed by atoms with van der Waals surface area (Å²) in [5.74, 6) is -2.63. The second kappa shape index (κ2) is 7.31. The summed E-state index contributed by atoms with van der Waals surface area (Å²) in [6, 6.07) is 15.0. The molecule has 6 heteroatoms. The number of nitrogens with one attached hydrogen (secondary N) is 1. The molecule has 140 valence electrons. The molecule has 2 amide bonds. The molecule has 0 aromatic heterocycles. The average Bonchev–Trinajstić information content (AvgIpc) is 2.68. The van der Waals surface area contributed by atoms with Crippen LogP contribution in [0, 0.1) is 11.7 Å². The van der Waals surface area contributed by atoms with Gasteiger partial charge in [-0.25, -0.2) is 9.38 Å². The van der Waals surface area contributed by atoms with E-state index in [4.69, 9.17) is 0 Å². The van der Waals surface area contributed by atoms with Crippen molar-refractivity contribution in [3.63, 3.8) is 0 Å². The van der Waals surface area contributed by atoms with Gasteiger partial charge in [0.15, 0.2) is 0 Å². The number of ketones is 1. The minimum atomic E-state index is -0.698. The Morgan fingerprint density at radius 3 is 2.57 bits per heavy atom. The molecule has 1 aliphatic carbocycles. The van der Waals surface area contributed by atoms with Crippen LogP contribution in [-0.4, -0.2) is 23.3 Å². The van der Waals surface area contributed by atoms with Crippen LogP contribution in [0.25, 0.3) is 0 Å². The SMILES string of the molecule is O=C1N=C2CC(c3ccccc3)CC(=O)C2C=C1C(=O)Nc1cccc(F)c1. The monoisotopic (exact) mass is 376 g/mol. The van der Waals surface area contributed by atoms with Gasteiger partial charge in [0, 0.05) is 17.8 Å². The second-order valence-corrected chi connectivity index (χ2v) is 6.91. The Balaban J connectivity index is 1.54. The molecule has 0 radical (unpaired) electrons. The summed E-state index contributed by atoms with van der Waals surface area (Å²) in [4.78, 5) is 41.6. The first-order chi connectivity index (χ1) is 13.5. The third-order valence-electron chi connectivity index (χ3n) is 5.02. The molecule has 1 heterocycles. The maximum absolute atomic E-state index is 13.3. The molecule has 1 aliphatic heterocycles. The number of dihydropyridines is 1. The largest absolute Gasteiger partial charge is 0.322 e. The Morgan fingerprint density at radius 1 is 1.04 bits per heavy atom. The van der Waals surface area contributed by atoms with Crippen LogP contribution in [0.2, 0.25) is 0 Å². The standard InChI is InChI=1S/C22H17FN2O3/c23-15-7-4-8-16(11-15)24-21(27)18-12-17-19(25-22(18)28)9-14(10-20(17)26)13-5-2-1-3-6-13/h1-8,11-12,14,17H,9-10H2,(H,24,27). The van der Waals surface area contributed by atoms with E-state index in [-0.39, 0.29) is 23.0 Å². The number of allylic oxidation sites excluding steroid dienone is 1. The van der Waals surface area contributed by atoms with E-state index >= 15 is 0 Å². The van der Waals surface area contributed by atoms with Crippen LogP contribution < -0.4 is 5.32 Å². The molecule has 2 aromatic rings. The van der Waals surface area contributed by atoms with Crippen LogP contribution in [-0.2, 0) is 14.4 Å². The van der Waals surface area contributed by atoms with Crippen LogP contribution in [0.1, 0.15) is 24.3 Å². The number of carbonyl (C=O) groups is 3. The molecule has 4 rings (SSSR count). The number of carbonyl (C=O) groups excluding carboxylic acids is 3. The van der Waals surface area contributed by atoms with E-state index in [1.165, 1.54) is 24.3 Å². The van der Waals surface area contributed by atoms with E-state index in [1.807, 2.05) is 30.3 Å². The van der Waals surface area contributed by atoms with Crippen molar-refractivity contribution in [3.05, 3.63) is 77.6 Å². The molecule has 2 aromatic carbocycles. The molecule has 1 fully saturated rings. The average molecular weight is 376 g/mol. The van der Waals surface area contributed by atoms with Crippen LogP contribution in [0.15, 0.2) is 71.2 Å². The molecule has 1 saturated carbocycles. The van der Waals surface area contributed by atoms with Crippen molar-refractivity contribution in [2.45, 2.75) is 18.8 Å². The van der Waals surface area contributed by atoms with E-state index in [1.54, 1.807) is 0 Å². The fourth-order valence-corrected chi connectivity index (χ4v) is 3.64. The maximum atomic E-state index is 13.3. The van der Waals surface area contributed by atoms with Crippen molar-refractivity contribution in [2.24, 2.45) is 10.9 Å². The molecule has 5 nitrogen and oxygen atoms in total. The molecule has 0 spiro atoms. The van der Waals surface area contributed by atoms with E-state index in [2.05, 4.69) is 10.3 Å². The van der Waals surface area contributed by atoms with Crippen molar-refractivity contribution >= 4 is 29.0 Å². The summed E-state index contributed by atoms with van der Waals surface area (Å²) >= 11 is 0. The first kappa shape index (κ1) is 18.0. The smallest absolute Gasteiger partial charge is 0.282 e. The van der Waals surface area contributed by atoms with Crippen LogP contribution >= 0.6 is 0 Å². The van der Waals surface area contributed by atoms with E-state index in [0.29, 0.717) is 18.6 Å². The zero-order valence-corrected chi connectivity index (χ0v) is 14.9. The fraction of sp³-hybridized carbons (Fsp3) is 0.182. The molecule has 2 atom stereocenters. The molecular formula is C22H17FN2O3. The van der Waals surface area contributed by atoms with Crippen molar-refractivity contribution in [2.75, 3.05) is 5.32 Å². The summed E-state index contributed by atoms with van der Waals surface area (Å²) in [5.41, 5.74) is 1.57. The van der Waals surface area contributed by atoms with Crippen molar-refractivity contribution < 1.29 is 18.8 Å². The summed E-state index contributed by atoms with van der Waals surface area (Å²) in [6.45, 7) is 0. The molecule has 0 saturated heterocycles. The van der Waals surface area contributed by atoms with E-state index in [9.17, 15) is 18.8 Å². The summed E-state index contributed by atoms with van der Waals surface area (Å²) in [6.07, 6.45) is 2.22. The van der Waals surface area contributed by atoms with Gasteiger partial charge in [0.25, 0.3) is 11.8 Å². The van der Waals surface area contributed by atoms with Gasteiger partial charge < -0.3 is 5.32 Å². The first-order valence-corrected chi connectivity index (χ1v) is 8.99. The van der Waals surface area contributed by atoms with Gasteiger partial charge in [-0.3, -0.25) is 14.4 Å². The first-order valence-electron chi connectivity index (χ1n) is 8.99. The van der Waals surface area contributed by atoms with Crippen molar-refractivity contribution in [1.29, 1.82) is 0 Å². The topological polar surface area (TPSA) is 75.6 Å². The normalized spacial score (nSPS) is 21.5. The number of hydrogen-bond donors (Lipinski definition) is 1. The summed E-state index contributed by atoms with van der Waals surface area (Å²) < 4.78 is 13.3. The van der Waals surface area contributed by atoms with Crippen LogP contribution in [0.4, 0.5) is 10.1 Å². The second-order valence-electron chi connectivity index (χ2n) is 6.91. The van der Waals surface area contributed by atoms with Crippen LogP contribution in [0.5, 0.6) is 0 Å². The lowest BCUT2D eigenvalue weighted by Crippen LogP contribution is -2.36.